The molecule has 0 aromatic carbocycles. The van der Waals surface area contributed by atoms with Gasteiger partial charge < -0.3 is 10.5 Å². The summed E-state index contributed by atoms with van der Waals surface area (Å²) in [5.41, 5.74) is 0. The summed E-state index contributed by atoms with van der Waals surface area (Å²) in [5.74, 6) is 0.275. The van der Waals surface area contributed by atoms with E-state index in [2.05, 4.69) is 40.1 Å². The van der Waals surface area contributed by atoms with Crippen molar-refractivity contribution in [2.24, 2.45) is 0 Å². The van der Waals surface area contributed by atoms with Crippen LogP contribution in [0.25, 0.3) is 0 Å². The van der Waals surface area contributed by atoms with E-state index in [4.69, 9.17) is 0 Å². The zero-order chi connectivity index (χ0) is 6.41. The van der Waals surface area contributed by atoms with Gasteiger partial charge in [0.1, 0.15) is 0 Å². The van der Waals surface area contributed by atoms with Crippen LogP contribution >= 0.6 is 15.8 Å². The molecule has 0 aliphatic rings. The van der Waals surface area contributed by atoms with Gasteiger partial charge in [0.15, 0.2) is 0 Å². The summed E-state index contributed by atoms with van der Waals surface area (Å²) < 4.78 is 0. The average Bonchev–Trinajstić information content (AvgIpc) is 1.68. The van der Waals surface area contributed by atoms with Crippen LogP contribution in [-0.2, 0) is 0 Å². The number of hydrogen-bond acceptors (Lipinski definition) is 2. The quantitative estimate of drug-likeness (QED) is 0.616. The summed E-state index contributed by atoms with van der Waals surface area (Å²) in [7, 11) is 0. The van der Waals surface area contributed by atoms with Gasteiger partial charge in [0.2, 0.25) is 0 Å². The van der Waals surface area contributed by atoms with E-state index >= 15 is 0 Å². The summed E-state index contributed by atoms with van der Waals surface area (Å²) in [5, 5.41) is 6.30. The van der Waals surface area contributed by atoms with Crippen molar-refractivity contribution in [2.75, 3.05) is 13.1 Å². The van der Waals surface area contributed by atoms with Gasteiger partial charge in [-0.3, -0.25) is 0 Å². The van der Waals surface area contributed by atoms with E-state index in [0.29, 0.717) is 0 Å². The molecule has 2 nitrogen and oxygen atoms in total. The van der Waals surface area contributed by atoms with Gasteiger partial charge in [-0.05, 0) is 13.1 Å². The second-order valence-corrected chi connectivity index (χ2v) is 2.39. The third kappa shape index (κ3) is 4.62. The predicted molar refractivity (Wildman–Crippen MR) is 42.0 cm³/mol. The molecule has 0 bridgehead atoms. The summed E-state index contributed by atoms with van der Waals surface area (Å²) >= 11 is 3.38. The van der Waals surface area contributed by atoms with Gasteiger partial charge in [0.25, 0.3) is 0 Å². The molecule has 48 valence electrons. The van der Waals surface area contributed by atoms with Crippen LogP contribution in [-0.4, -0.2) is 18.9 Å². The Bertz CT molecular complexity index is 47.3. The van der Waals surface area contributed by atoms with Gasteiger partial charge >= 0.3 is 5.81 Å². The minimum absolute atomic E-state index is 0.275. The van der Waals surface area contributed by atoms with Crippen molar-refractivity contribution in [1.82, 2.24) is 10.5 Å². The third-order valence-electron chi connectivity index (χ3n) is 0.767. The first-order chi connectivity index (χ1) is 3.81. The Morgan fingerprint density at radius 2 is 1.62 bits per heavy atom. The van der Waals surface area contributed by atoms with E-state index in [1.165, 1.54) is 0 Å². The van der Waals surface area contributed by atoms with Crippen LogP contribution in [0.15, 0.2) is 0 Å². The lowest BCUT2D eigenvalue weighted by Crippen LogP contribution is -2.41. The predicted octanol–water partition coefficient (Wildman–Crippen LogP) is 0.585. The number of halogens is 1. The zero-order valence-electron chi connectivity index (χ0n) is 5.37. The Morgan fingerprint density at radius 1 is 1.25 bits per heavy atom. The van der Waals surface area contributed by atoms with E-state index in [1.54, 1.807) is 0 Å². The van der Waals surface area contributed by atoms with Crippen LogP contribution < -0.4 is 10.5 Å². The van der Waals surface area contributed by atoms with Gasteiger partial charge in [-0.1, -0.05) is 13.8 Å². The Labute approximate surface area is 59.5 Å². The molecule has 0 heterocycles. The summed E-state index contributed by atoms with van der Waals surface area (Å²) in [6, 6.07) is 0. The maximum Gasteiger partial charge on any atom is 0.385 e. The van der Waals surface area contributed by atoms with Crippen LogP contribution in [0.3, 0.4) is 0 Å². The minimum Gasteiger partial charge on any atom is -0.332 e. The first-order valence-electron chi connectivity index (χ1n) is 2.92. The highest BCUT2D eigenvalue weighted by Crippen LogP contribution is 1.80. The lowest BCUT2D eigenvalue weighted by atomic mass is 10.2. The Morgan fingerprint density at radius 3 is 1.88 bits per heavy atom. The van der Waals surface area contributed by atoms with Crippen LogP contribution in [0.4, 0.5) is 0 Å². The van der Waals surface area contributed by atoms with Crippen LogP contribution in [0.2, 0.25) is 0 Å². The van der Waals surface area contributed by atoms with Crippen molar-refractivity contribution in [2.45, 2.75) is 13.8 Å². The van der Waals surface area contributed by atoms with E-state index in [1.807, 2.05) is 0 Å². The highest BCUT2D eigenvalue weighted by molar-refractivity contribution is 9.24. The molecule has 0 saturated carbocycles. The first kappa shape index (κ1) is 8.46. The van der Waals surface area contributed by atoms with Gasteiger partial charge in [0.05, 0.1) is 0 Å². The zero-order valence-corrected chi connectivity index (χ0v) is 6.96. The van der Waals surface area contributed by atoms with E-state index in [9.17, 15) is 0 Å². The van der Waals surface area contributed by atoms with Gasteiger partial charge in [-0.25, -0.2) is 0 Å². The number of nitrogens with one attached hydrogen (secondary N) is 2. The van der Waals surface area contributed by atoms with Gasteiger partial charge in [-0.15, -0.1) is 15.8 Å². The highest BCUT2D eigenvalue weighted by Gasteiger charge is 2.03. The molecule has 0 saturated heterocycles. The molecule has 0 radical (unpaired) electrons. The molecule has 0 aromatic rings. The number of hydrogen-bond donors (Lipinski definition) is 2. The molecule has 0 spiro atoms. The van der Waals surface area contributed by atoms with Crippen molar-refractivity contribution in [1.29, 1.82) is 0 Å². The lowest BCUT2D eigenvalue weighted by molar-refractivity contribution is 0.919. The Balaban J connectivity index is 2.92. The van der Waals surface area contributed by atoms with Crippen molar-refractivity contribution >= 4 is 21.6 Å². The fraction of sp³-hybridized carbons (Fsp3) is 1.00. The fourth-order valence-electron chi connectivity index (χ4n) is 0.431. The molecular formula is C4H12BBrN2. The fourth-order valence-corrected chi connectivity index (χ4v) is 1.08. The number of rotatable bonds is 4. The summed E-state index contributed by atoms with van der Waals surface area (Å²) in [6.07, 6.45) is 0. The third-order valence-corrected chi connectivity index (χ3v) is 1.41. The highest BCUT2D eigenvalue weighted by atomic mass is 79.9. The molecule has 2 N–H and O–H groups in total. The molecule has 0 rings (SSSR count). The van der Waals surface area contributed by atoms with Crippen molar-refractivity contribution < 1.29 is 0 Å². The molecule has 4 heteroatoms. The molecule has 0 aromatic heterocycles. The van der Waals surface area contributed by atoms with E-state index in [0.717, 1.165) is 13.1 Å². The normalized spacial score (nSPS) is 9.38. The second-order valence-electron chi connectivity index (χ2n) is 1.48. The Hall–Kier alpha value is 0.465. The van der Waals surface area contributed by atoms with E-state index < -0.39 is 0 Å². The SMILES string of the molecule is CCNB(Br)NCC. The van der Waals surface area contributed by atoms with Crippen molar-refractivity contribution in [3.8, 4) is 0 Å². The van der Waals surface area contributed by atoms with Gasteiger partial charge in [-0.2, -0.15) is 0 Å². The molecule has 0 aliphatic carbocycles. The summed E-state index contributed by atoms with van der Waals surface area (Å²) in [4.78, 5) is 0. The standard InChI is InChI=1S/C4H12BBrN2/c1-3-7-5(6)8-4-2/h7-8H,3-4H2,1-2H3. The molecule has 0 unspecified atom stereocenters. The maximum atomic E-state index is 3.38. The molecule has 8 heavy (non-hydrogen) atoms. The second kappa shape index (κ2) is 5.60. The van der Waals surface area contributed by atoms with Crippen LogP contribution in [0.1, 0.15) is 13.8 Å². The minimum atomic E-state index is 0.275. The monoisotopic (exact) mass is 178 g/mol. The maximum absolute atomic E-state index is 3.38. The smallest absolute Gasteiger partial charge is 0.332 e. The largest absolute Gasteiger partial charge is 0.385 e. The van der Waals surface area contributed by atoms with E-state index in [-0.39, 0.29) is 5.81 Å². The van der Waals surface area contributed by atoms with Crippen molar-refractivity contribution in [3.05, 3.63) is 0 Å². The first-order valence-corrected chi connectivity index (χ1v) is 3.83. The lowest BCUT2D eigenvalue weighted by Gasteiger charge is -2.04. The molecule has 0 atom stereocenters. The molecule has 0 amide bonds. The molecular weight excluding hydrogens is 167 g/mol. The average molecular weight is 179 g/mol. The Kier molecular flexibility index (Phi) is 5.92. The van der Waals surface area contributed by atoms with Crippen molar-refractivity contribution in [3.63, 3.8) is 0 Å². The molecule has 0 fully saturated rings. The topological polar surface area (TPSA) is 24.1 Å². The molecule has 0 aliphatic heterocycles. The van der Waals surface area contributed by atoms with Crippen LogP contribution in [0, 0.1) is 0 Å². The van der Waals surface area contributed by atoms with Crippen LogP contribution in [0.5, 0.6) is 0 Å². The summed E-state index contributed by atoms with van der Waals surface area (Å²) in [6.45, 7) is 6.13. The van der Waals surface area contributed by atoms with Gasteiger partial charge in [0, 0.05) is 0 Å².